The fourth-order valence-corrected chi connectivity index (χ4v) is 12.9. The van der Waals surface area contributed by atoms with E-state index in [1.807, 2.05) is 72.8 Å². The molecule has 3 saturated carbocycles. The highest BCUT2D eigenvalue weighted by atomic mass is 16.8. The molecule has 0 radical (unpaired) electrons. The van der Waals surface area contributed by atoms with Gasteiger partial charge in [-0.15, -0.1) is 0 Å². The van der Waals surface area contributed by atoms with Gasteiger partial charge in [-0.05, 0) is 102 Å². The number of carbonyl (C=O) groups is 4. The Bertz CT molecular complexity index is 2510. The van der Waals surface area contributed by atoms with Crippen molar-refractivity contribution in [2.45, 2.75) is 178 Å². The number of allylic oxidation sites excluding steroid dienone is 1. The number of hydrogen-bond donors (Lipinski definition) is 4. The molecule has 13 atom stereocenters. The van der Waals surface area contributed by atoms with Gasteiger partial charge in [-0.2, -0.15) is 5.06 Å². The lowest BCUT2D eigenvalue weighted by Gasteiger charge is -2.53. The summed E-state index contributed by atoms with van der Waals surface area (Å²) in [5, 5.41) is 28.4. The molecule has 3 aromatic carbocycles. The lowest BCUT2D eigenvalue weighted by molar-refractivity contribution is -0.213. The van der Waals surface area contributed by atoms with Crippen LogP contribution in [-0.2, 0) is 60.0 Å². The van der Waals surface area contributed by atoms with E-state index < -0.39 is 95.8 Å². The summed E-state index contributed by atoms with van der Waals surface area (Å²) >= 11 is 0. The topological polar surface area (TPSA) is 195 Å². The average Bonchev–Trinajstić information content (AvgIpc) is 3.61. The number of carbonyl (C=O) groups excluding carboxylic acids is 4. The molecule has 3 aromatic rings. The highest BCUT2D eigenvalue weighted by Crippen LogP contribution is 2.61. The van der Waals surface area contributed by atoms with E-state index in [9.17, 15) is 24.6 Å². The zero-order valence-corrected chi connectivity index (χ0v) is 42.5. The fraction of sp³-hybridized carbons (Fsp3) is 0.579. The number of nitrogens with zero attached hydrogens (tertiary/aromatic N) is 1. The van der Waals surface area contributed by atoms with E-state index in [0.29, 0.717) is 29.1 Å². The van der Waals surface area contributed by atoms with Crippen LogP contribution >= 0.6 is 0 Å². The minimum Gasteiger partial charge on any atom is -0.460 e. The highest BCUT2D eigenvalue weighted by Gasteiger charge is 2.77. The molecule has 10 rings (SSSR count). The van der Waals surface area contributed by atoms with Crippen molar-refractivity contribution in [3.63, 3.8) is 0 Å². The summed E-state index contributed by atoms with van der Waals surface area (Å²) in [5.74, 6) is -3.04. The van der Waals surface area contributed by atoms with Crippen LogP contribution in [0, 0.1) is 22.7 Å². The van der Waals surface area contributed by atoms with Crippen LogP contribution in [0.1, 0.15) is 122 Å². The molecule has 2 amide bonds. The van der Waals surface area contributed by atoms with Crippen LogP contribution in [0.5, 0.6) is 0 Å². The molecule has 15 nitrogen and oxygen atoms in total. The van der Waals surface area contributed by atoms with Crippen molar-refractivity contribution < 1.29 is 57.9 Å². The van der Waals surface area contributed by atoms with Gasteiger partial charge in [0.2, 0.25) is 17.6 Å². The highest BCUT2D eigenvalue weighted by molar-refractivity contribution is 5.96. The molecule has 3 aliphatic carbocycles. The number of benzene rings is 3. The van der Waals surface area contributed by atoms with Crippen molar-refractivity contribution in [2.75, 3.05) is 6.61 Å². The predicted molar refractivity (Wildman–Crippen MR) is 264 cm³/mol. The van der Waals surface area contributed by atoms with Crippen LogP contribution < -0.4 is 10.6 Å². The van der Waals surface area contributed by atoms with Crippen LogP contribution in [-0.4, -0.2) is 112 Å². The summed E-state index contributed by atoms with van der Waals surface area (Å²) < 4.78 is 32.1. The molecule has 4 heterocycles. The van der Waals surface area contributed by atoms with Crippen LogP contribution in [0.15, 0.2) is 90.5 Å². The number of hydroxylamine groups is 2. The van der Waals surface area contributed by atoms with E-state index in [1.54, 1.807) is 20.8 Å². The maximum atomic E-state index is 15.4. The molecular formula is C57H71N3O12. The second-order valence-electron chi connectivity index (χ2n) is 23.3. The number of epoxide rings is 1. The largest absolute Gasteiger partial charge is 0.460 e. The number of hydrogen-bond acceptors (Lipinski definition) is 13. The summed E-state index contributed by atoms with van der Waals surface area (Å²) in [6.45, 7) is 13.2. The van der Waals surface area contributed by atoms with Crippen LogP contribution in [0.2, 0.25) is 0 Å². The first-order valence-electron chi connectivity index (χ1n) is 25.9. The molecule has 4 aliphatic heterocycles. The Morgan fingerprint density at radius 1 is 0.889 bits per heavy atom. The minimum atomic E-state index is -1.70. The number of fused-ring (bicyclic) bond motifs is 6. The third-order valence-corrected chi connectivity index (χ3v) is 16.7. The fourth-order valence-electron chi connectivity index (χ4n) is 12.9. The van der Waals surface area contributed by atoms with Crippen molar-refractivity contribution in [3.8, 4) is 0 Å². The monoisotopic (exact) mass is 990 g/mol. The van der Waals surface area contributed by atoms with Gasteiger partial charge in [-0.1, -0.05) is 110 Å². The summed E-state index contributed by atoms with van der Waals surface area (Å²) in [7, 11) is 0. The Kier molecular flexibility index (Phi) is 13.4. The summed E-state index contributed by atoms with van der Waals surface area (Å²) in [4.78, 5) is 63.6. The summed E-state index contributed by atoms with van der Waals surface area (Å²) in [5.41, 5.74) is 2.62. The smallest absolute Gasteiger partial charge is 0.327 e. The molecule has 4 saturated heterocycles. The molecule has 7 fully saturated rings. The number of aliphatic hydroxyl groups excluding tert-OH is 2. The standard InChI is InChI=1S/C57H71N3O12/c1-33(62)45(50(64)58-39(32-61)23-25-44(63)69-53(2,3)4)59-52(66)56-30-42-46-47(71-57(70-46,37-14-10-8-11-15-37)38-16-12-9-13-17-38)49(56)72-60(48(56)51(65)67-42)31-35-20-18-34(19-21-35)28-36-22-24-43-55(7,68-43)27-26-41-40(36)29-54(41,5)6/h8-21,28,33,39-43,45-49,61-62H,22-27,29-32H2,1-7H3,(H,58,64)(H,59,66)/t33-,39-,40+,41+,42+,43?,45+,46-,47-,48-,49+,55+,56-/m0/s1. The van der Waals surface area contributed by atoms with E-state index in [-0.39, 0.29) is 36.8 Å². The number of esters is 2. The van der Waals surface area contributed by atoms with Crippen molar-refractivity contribution in [1.29, 1.82) is 0 Å². The second kappa shape index (κ2) is 19.0. The number of rotatable bonds is 14. The molecule has 1 unspecified atom stereocenters. The Labute approximate surface area is 422 Å². The predicted octanol–water partition coefficient (Wildman–Crippen LogP) is 6.41. The van der Waals surface area contributed by atoms with E-state index in [1.165, 1.54) is 24.0 Å². The third kappa shape index (κ3) is 9.32. The van der Waals surface area contributed by atoms with Crippen molar-refractivity contribution in [2.24, 2.45) is 22.7 Å². The lowest BCUT2D eigenvalue weighted by atomic mass is 9.52. The van der Waals surface area contributed by atoms with Gasteiger partial charge in [-0.3, -0.25) is 24.0 Å². The normalized spacial score (nSPS) is 33.7. The maximum Gasteiger partial charge on any atom is 0.327 e. The number of nitrogens with one attached hydrogen (secondary N) is 2. The van der Waals surface area contributed by atoms with Gasteiger partial charge >= 0.3 is 11.9 Å². The third-order valence-electron chi connectivity index (χ3n) is 16.7. The molecule has 7 aliphatic rings. The van der Waals surface area contributed by atoms with Gasteiger partial charge in [-0.25, -0.2) is 0 Å². The van der Waals surface area contributed by atoms with Crippen molar-refractivity contribution in [1.82, 2.24) is 15.7 Å². The van der Waals surface area contributed by atoms with Gasteiger partial charge in [0.15, 0.2) is 6.04 Å². The van der Waals surface area contributed by atoms with Gasteiger partial charge in [0.05, 0.1) is 37.0 Å². The Morgan fingerprint density at radius 3 is 2.18 bits per heavy atom. The van der Waals surface area contributed by atoms with Crippen molar-refractivity contribution in [3.05, 3.63) is 113 Å². The summed E-state index contributed by atoms with van der Waals surface area (Å²) in [6, 6.07) is 23.4. The zero-order valence-electron chi connectivity index (χ0n) is 42.5. The van der Waals surface area contributed by atoms with E-state index in [4.69, 9.17) is 28.5 Å². The minimum absolute atomic E-state index is 0.00120. The molecule has 2 bridgehead atoms. The Balaban J connectivity index is 0.949. The quantitative estimate of drug-likeness (QED) is 0.102. The number of aliphatic hydroxyl groups is 2. The number of amides is 2. The SMILES string of the molecule is C[C@H](O)[C@@H](NC(=O)[C@@]12C[C@H]3OC(=O)[C@@H]1N(Cc1ccc(C=C4CCC5O[C@]5(C)CC[C@@H]5[C@@H]4CC5(C)C)cc1)O[C@@H]2[C@H]1OC(c2ccccc2)(c2ccccc2)O[C@H]13)C(=O)N[C@H](CO)CCC(=O)OC(C)(C)C. The van der Waals surface area contributed by atoms with E-state index in [0.717, 1.165) is 36.8 Å². The van der Waals surface area contributed by atoms with Crippen LogP contribution in [0.25, 0.3) is 6.08 Å². The first-order valence-corrected chi connectivity index (χ1v) is 25.9. The van der Waals surface area contributed by atoms with Gasteiger partial charge < -0.3 is 44.5 Å². The molecule has 72 heavy (non-hydrogen) atoms. The number of ether oxygens (including phenoxy) is 5. The van der Waals surface area contributed by atoms with E-state index in [2.05, 4.69) is 49.6 Å². The summed E-state index contributed by atoms with van der Waals surface area (Å²) in [6.07, 6.45) is 2.64. The molecule has 4 N–H and O–H groups in total. The van der Waals surface area contributed by atoms with Crippen LogP contribution in [0.3, 0.4) is 0 Å². The molecule has 0 spiro atoms. The molecule has 0 aromatic heterocycles. The zero-order chi connectivity index (χ0) is 51.0. The van der Waals surface area contributed by atoms with Crippen molar-refractivity contribution >= 4 is 29.8 Å². The Morgan fingerprint density at radius 2 is 1.56 bits per heavy atom. The first-order chi connectivity index (χ1) is 34.2. The van der Waals surface area contributed by atoms with Gasteiger partial charge in [0, 0.05) is 24.0 Å². The molecular weight excluding hydrogens is 919 g/mol. The van der Waals surface area contributed by atoms with E-state index >= 15 is 4.79 Å². The first kappa shape index (κ1) is 50.5. The molecule has 15 heteroatoms. The molecule has 386 valence electrons. The maximum absolute atomic E-state index is 15.4. The second-order valence-corrected chi connectivity index (χ2v) is 23.3. The van der Waals surface area contributed by atoms with Crippen LogP contribution in [0.4, 0.5) is 0 Å². The van der Waals surface area contributed by atoms with Gasteiger partial charge in [0.25, 0.3) is 0 Å². The lowest BCUT2D eigenvalue weighted by Crippen LogP contribution is -2.71. The Hall–Kier alpha value is -5.00. The van der Waals surface area contributed by atoms with Gasteiger partial charge in [0.1, 0.15) is 41.5 Å². The average molecular weight is 990 g/mol.